The van der Waals surface area contributed by atoms with Crippen molar-refractivity contribution >= 4 is 0 Å². The van der Waals surface area contributed by atoms with Crippen molar-refractivity contribution in [2.24, 2.45) is 0 Å². The van der Waals surface area contributed by atoms with Crippen molar-refractivity contribution in [1.29, 1.82) is 0 Å². The molecule has 1 saturated heterocycles. The summed E-state index contributed by atoms with van der Waals surface area (Å²) < 4.78 is 10.8. The molecule has 1 heterocycles. The van der Waals surface area contributed by atoms with E-state index in [-0.39, 0.29) is 6.04 Å². The van der Waals surface area contributed by atoms with Gasteiger partial charge >= 0.3 is 0 Å². The molecule has 4 nitrogen and oxygen atoms in total. The first-order valence-corrected chi connectivity index (χ1v) is 7.84. The third-order valence-electron chi connectivity index (χ3n) is 4.17. The first kappa shape index (κ1) is 16.1. The quantitative estimate of drug-likeness (QED) is 0.838. The molecule has 0 spiro atoms. The Labute approximate surface area is 128 Å². The molecule has 0 amide bonds. The van der Waals surface area contributed by atoms with Gasteiger partial charge in [0.25, 0.3) is 0 Å². The minimum atomic E-state index is 0.229. The van der Waals surface area contributed by atoms with E-state index in [1.165, 1.54) is 25.9 Å². The molecule has 2 atom stereocenters. The number of rotatable bonds is 7. The van der Waals surface area contributed by atoms with Crippen molar-refractivity contribution in [3.8, 4) is 11.5 Å². The number of hydrogen-bond acceptors (Lipinski definition) is 4. The van der Waals surface area contributed by atoms with Gasteiger partial charge in [-0.2, -0.15) is 0 Å². The normalized spacial score (nSPS) is 18.5. The zero-order chi connectivity index (χ0) is 15.2. The lowest BCUT2D eigenvalue weighted by molar-refractivity contribution is 0.287. The molecule has 1 aromatic carbocycles. The van der Waals surface area contributed by atoms with Gasteiger partial charge in [-0.05, 0) is 58.0 Å². The summed E-state index contributed by atoms with van der Waals surface area (Å²) in [6.07, 6.45) is 2.68. The summed E-state index contributed by atoms with van der Waals surface area (Å²) in [5.41, 5.74) is 1.14. The average molecular weight is 292 g/mol. The predicted octanol–water partition coefficient (Wildman–Crippen LogP) is 2.84. The molecule has 1 N–H and O–H groups in total. The lowest BCUT2D eigenvalue weighted by atomic mass is 10.1. The van der Waals surface area contributed by atoms with E-state index in [1.54, 1.807) is 14.2 Å². The Kier molecular flexibility index (Phi) is 5.88. The highest BCUT2D eigenvalue weighted by atomic mass is 16.5. The van der Waals surface area contributed by atoms with E-state index in [2.05, 4.69) is 30.1 Å². The van der Waals surface area contributed by atoms with Crippen molar-refractivity contribution in [2.75, 3.05) is 33.9 Å². The summed E-state index contributed by atoms with van der Waals surface area (Å²) in [5, 5.41) is 3.67. The van der Waals surface area contributed by atoms with Crippen LogP contribution in [0.15, 0.2) is 18.2 Å². The van der Waals surface area contributed by atoms with Gasteiger partial charge in [0.15, 0.2) is 0 Å². The topological polar surface area (TPSA) is 33.7 Å². The minimum absolute atomic E-state index is 0.229. The van der Waals surface area contributed by atoms with Crippen LogP contribution in [0.4, 0.5) is 0 Å². The molecule has 4 heteroatoms. The molecule has 118 valence electrons. The largest absolute Gasteiger partial charge is 0.497 e. The fraction of sp³-hybridized carbons (Fsp3) is 0.647. The summed E-state index contributed by atoms with van der Waals surface area (Å²) in [6, 6.07) is 6.64. The molecule has 0 aliphatic carbocycles. The highest BCUT2D eigenvalue weighted by Gasteiger charge is 2.18. The monoisotopic (exact) mass is 292 g/mol. The molecule has 2 rings (SSSR count). The second kappa shape index (κ2) is 7.66. The van der Waals surface area contributed by atoms with Gasteiger partial charge < -0.3 is 19.7 Å². The van der Waals surface area contributed by atoms with E-state index in [1.807, 2.05) is 12.1 Å². The molecule has 0 bridgehead atoms. The van der Waals surface area contributed by atoms with Gasteiger partial charge in [-0.25, -0.2) is 0 Å². The van der Waals surface area contributed by atoms with E-state index in [0.717, 1.165) is 23.6 Å². The first-order valence-electron chi connectivity index (χ1n) is 7.84. The van der Waals surface area contributed by atoms with Gasteiger partial charge in [0.2, 0.25) is 0 Å². The molecule has 21 heavy (non-hydrogen) atoms. The van der Waals surface area contributed by atoms with Gasteiger partial charge in [-0.15, -0.1) is 0 Å². The van der Waals surface area contributed by atoms with Crippen LogP contribution in [-0.2, 0) is 0 Å². The number of benzene rings is 1. The van der Waals surface area contributed by atoms with Crippen LogP contribution >= 0.6 is 0 Å². The Morgan fingerprint density at radius 1 is 1.14 bits per heavy atom. The van der Waals surface area contributed by atoms with Gasteiger partial charge in [0, 0.05) is 24.2 Å². The Balaban J connectivity index is 1.99. The van der Waals surface area contributed by atoms with Crippen LogP contribution in [0.5, 0.6) is 11.5 Å². The molecule has 0 aromatic heterocycles. The summed E-state index contributed by atoms with van der Waals surface area (Å²) in [4.78, 5) is 2.53. The van der Waals surface area contributed by atoms with Crippen LogP contribution < -0.4 is 14.8 Å². The smallest absolute Gasteiger partial charge is 0.123 e. The summed E-state index contributed by atoms with van der Waals surface area (Å²) >= 11 is 0. The second-order valence-electron chi connectivity index (χ2n) is 5.90. The van der Waals surface area contributed by atoms with E-state index in [9.17, 15) is 0 Å². The maximum absolute atomic E-state index is 5.47. The molecule has 1 aliphatic heterocycles. The number of methoxy groups -OCH3 is 2. The fourth-order valence-corrected chi connectivity index (χ4v) is 3.10. The Morgan fingerprint density at radius 3 is 2.48 bits per heavy atom. The fourth-order valence-electron chi connectivity index (χ4n) is 3.10. The van der Waals surface area contributed by atoms with Crippen LogP contribution in [0, 0.1) is 0 Å². The van der Waals surface area contributed by atoms with Crippen LogP contribution in [0.25, 0.3) is 0 Å². The van der Waals surface area contributed by atoms with Crippen molar-refractivity contribution in [3.63, 3.8) is 0 Å². The minimum Gasteiger partial charge on any atom is -0.497 e. The van der Waals surface area contributed by atoms with Crippen molar-refractivity contribution in [3.05, 3.63) is 23.8 Å². The number of likely N-dealkylation sites (tertiary alicyclic amines) is 1. The highest BCUT2D eigenvalue weighted by molar-refractivity contribution is 5.42. The van der Waals surface area contributed by atoms with E-state index < -0.39 is 0 Å². The number of ether oxygens (including phenoxy) is 2. The van der Waals surface area contributed by atoms with Crippen LogP contribution in [0.1, 0.15) is 38.3 Å². The van der Waals surface area contributed by atoms with Crippen molar-refractivity contribution in [1.82, 2.24) is 10.2 Å². The highest BCUT2D eigenvalue weighted by Crippen LogP contribution is 2.29. The summed E-state index contributed by atoms with van der Waals surface area (Å²) in [7, 11) is 3.41. The summed E-state index contributed by atoms with van der Waals surface area (Å²) in [6.45, 7) is 8.02. The summed E-state index contributed by atoms with van der Waals surface area (Å²) in [5.74, 6) is 1.77. The molecule has 2 unspecified atom stereocenters. The van der Waals surface area contributed by atoms with Crippen LogP contribution in [0.3, 0.4) is 0 Å². The zero-order valence-corrected chi connectivity index (χ0v) is 13.7. The first-order chi connectivity index (χ1) is 10.1. The molecule has 1 aliphatic rings. The Morgan fingerprint density at radius 2 is 1.86 bits per heavy atom. The lowest BCUT2D eigenvalue weighted by Gasteiger charge is -2.26. The maximum atomic E-state index is 5.47. The van der Waals surface area contributed by atoms with Crippen LogP contribution in [0.2, 0.25) is 0 Å². The van der Waals surface area contributed by atoms with Crippen molar-refractivity contribution in [2.45, 2.75) is 38.8 Å². The molecule has 1 fully saturated rings. The average Bonchev–Trinajstić information content (AvgIpc) is 2.99. The SMILES string of the molecule is COc1ccc(OC)c(C(C)NC(C)CN2CCCC2)c1. The number of nitrogens with one attached hydrogen (secondary N) is 1. The Hall–Kier alpha value is -1.26. The molecular formula is C17H28N2O2. The van der Waals surface area contributed by atoms with Crippen molar-refractivity contribution < 1.29 is 9.47 Å². The zero-order valence-electron chi connectivity index (χ0n) is 13.7. The van der Waals surface area contributed by atoms with Gasteiger partial charge in [-0.3, -0.25) is 0 Å². The third kappa shape index (κ3) is 4.35. The van der Waals surface area contributed by atoms with Gasteiger partial charge in [0.1, 0.15) is 11.5 Å². The number of nitrogens with zero attached hydrogens (tertiary/aromatic N) is 1. The lowest BCUT2D eigenvalue weighted by Crippen LogP contribution is -2.39. The molecular weight excluding hydrogens is 264 g/mol. The number of hydrogen-bond donors (Lipinski definition) is 1. The standard InChI is InChI=1S/C17H28N2O2/c1-13(12-19-9-5-6-10-19)18-14(2)16-11-15(20-3)7-8-17(16)21-4/h7-8,11,13-14,18H,5-6,9-10,12H2,1-4H3. The maximum Gasteiger partial charge on any atom is 0.123 e. The second-order valence-corrected chi connectivity index (χ2v) is 5.90. The van der Waals surface area contributed by atoms with Gasteiger partial charge in [-0.1, -0.05) is 0 Å². The predicted molar refractivity (Wildman–Crippen MR) is 86.2 cm³/mol. The van der Waals surface area contributed by atoms with E-state index >= 15 is 0 Å². The third-order valence-corrected chi connectivity index (χ3v) is 4.17. The van der Waals surface area contributed by atoms with Gasteiger partial charge in [0.05, 0.1) is 14.2 Å². The van der Waals surface area contributed by atoms with E-state index in [0.29, 0.717) is 6.04 Å². The molecule has 0 saturated carbocycles. The molecule has 0 radical (unpaired) electrons. The van der Waals surface area contributed by atoms with E-state index in [4.69, 9.17) is 9.47 Å². The molecule has 1 aromatic rings. The van der Waals surface area contributed by atoms with Crippen LogP contribution in [-0.4, -0.2) is 44.8 Å². The Bertz CT molecular complexity index is 444.